The van der Waals surface area contributed by atoms with Crippen molar-refractivity contribution in [3.63, 3.8) is 0 Å². The molecule has 3 heterocycles. The van der Waals surface area contributed by atoms with Crippen LogP contribution in [0.15, 0.2) is 85.2 Å². The molecule has 0 bridgehead atoms. The van der Waals surface area contributed by atoms with E-state index in [-0.39, 0.29) is 0 Å². The van der Waals surface area contributed by atoms with E-state index in [0.717, 1.165) is 28.4 Å². The predicted octanol–water partition coefficient (Wildman–Crippen LogP) is 4.19. The van der Waals surface area contributed by atoms with Crippen molar-refractivity contribution >= 4 is 28.4 Å². The lowest BCUT2D eigenvalue weighted by molar-refractivity contribution is 1.04. The van der Waals surface area contributed by atoms with Crippen molar-refractivity contribution in [2.75, 3.05) is 10.4 Å². The second-order valence-electron chi connectivity index (χ2n) is 5.21. The van der Waals surface area contributed by atoms with Crippen molar-refractivity contribution in [2.45, 2.75) is 0 Å². The molecule has 4 rings (SSSR count). The van der Waals surface area contributed by atoms with Crippen molar-refractivity contribution in [1.82, 2.24) is 15.0 Å². The van der Waals surface area contributed by atoms with E-state index >= 15 is 0 Å². The number of benzene rings is 1. The molecule has 0 atom stereocenters. The first-order valence-corrected chi connectivity index (χ1v) is 7.65. The molecule has 0 fully saturated rings. The van der Waals surface area contributed by atoms with Gasteiger partial charge < -0.3 is 0 Å². The van der Waals surface area contributed by atoms with Crippen LogP contribution < -0.4 is 10.4 Å². The molecule has 4 aromatic rings. The molecular formula is C19H15N5. The Bertz CT molecular complexity index is 902. The van der Waals surface area contributed by atoms with Crippen molar-refractivity contribution in [3.05, 3.63) is 85.2 Å². The molecule has 5 heteroatoms. The van der Waals surface area contributed by atoms with Gasteiger partial charge in [-0.25, -0.2) is 20.0 Å². The molecule has 0 aliphatic carbocycles. The molecular weight excluding hydrogens is 298 g/mol. The van der Waals surface area contributed by atoms with Gasteiger partial charge in [0.15, 0.2) is 11.6 Å². The predicted molar refractivity (Wildman–Crippen MR) is 96.0 cm³/mol. The molecule has 0 radical (unpaired) electrons. The number of hydrogen-bond donors (Lipinski definition) is 1. The van der Waals surface area contributed by atoms with Crippen molar-refractivity contribution in [2.24, 2.45) is 0 Å². The Morgan fingerprint density at radius 3 is 2.00 bits per heavy atom. The van der Waals surface area contributed by atoms with Crippen molar-refractivity contribution in [1.29, 1.82) is 0 Å². The van der Waals surface area contributed by atoms with Crippen LogP contribution in [-0.2, 0) is 0 Å². The molecule has 24 heavy (non-hydrogen) atoms. The molecule has 0 spiro atoms. The lowest BCUT2D eigenvalue weighted by atomic mass is 10.2. The van der Waals surface area contributed by atoms with Gasteiger partial charge >= 0.3 is 0 Å². The van der Waals surface area contributed by atoms with E-state index in [1.54, 1.807) is 12.4 Å². The van der Waals surface area contributed by atoms with Crippen LogP contribution in [0, 0.1) is 0 Å². The fourth-order valence-electron chi connectivity index (χ4n) is 2.45. The second kappa shape index (κ2) is 6.34. The van der Waals surface area contributed by atoms with Crippen LogP contribution in [0.5, 0.6) is 0 Å². The molecule has 1 aromatic carbocycles. The number of hydrazine groups is 1. The summed E-state index contributed by atoms with van der Waals surface area (Å²) < 4.78 is 0. The number of nitrogens with one attached hydrogen (secondary N) is 1. The van der Waals surface area contributed by atoms with E-state index < -0.39 is 0 Å². The average Bonchev–Trinajstić information content (AvgIpc) is 2.67. The summed E-state index contributed by atoms with van der Waals surface area (Å²) >= 11 is 0. The zero-order valence-corrected chi connectivity index (χ0v) is 12.9. The number of pyridine rings is 3. The molecule has 3 aromatic heterocycles. The Hall–Kier alpha value is -3.47. The molecule has 5 nitrogen and oxygen atoms in total. The molecule has 0 amide bonds. The van der Waals surface area contributed by atoms with Crippen LogP contribution >= 0.6 is 0 Å². The van der Waals surface area contributed by atoms with Gasteiger partial charge in [0.25, 0.3) is 0 Å². The highest BCUT2D eigenvalue weighted by Gasteiger charge is 2.12. The van der Waals surface area contributed by atoms with Gasteiger partial charge in [0.2, 0.25) is 0 Å². The topological polar surface area (TPSA) is 53.9 Å². The minimum absolute atomic E-state index is 0.727. The summed E-state index contributed by atoms with van der Waals surface area (Å²) in [6.07, 6.45) is 3.50. The smallest absolute Gasteiger partial charge is 0.153 e. The Kier molecular flexibility index (Phi) is 3.73. The number of rotatable bonds is 4. The summed E-state index contributed by atoms with van der Waals surface area (Å²) in [7, 11) is 0. The largest absolute Gasteiger partial charge is 0.274 e. The maximum Gasteiger partial charge on any atom is 0.153 e. The molecule has 1 N–H and O–H groups in total. The Balaban J connectivity index is 1.73. The minimum Gasteiger partial charge on any atom is -0.274 e. The molecule has 0 saturated heterocycles. The van der Waals surface area contributed by atoms with E-state index in [0.29, 0.717) is 0 Å². The van der Waals surface area contributed by atoms with E-state index in [2.05, 4.69) is 20.4 Å². The van der Waals surface area contributed by atoms with Crippen LogP contribution in [0.25, 0.3) is 10.9 Å². The first-order valence-electron chi connectivity index (χ1n) is 7.65. The summed E-state index contributed by atoms with van der Waals surface area (Å²) in [6.45, 7) is 0. The normalized spacial score (nSPS) is 10.5. The quantitative estimate of drug-likeness (QED) is 0.573. The van der Waals surface area contributed by atoms with Gasteiger partial charge in [-0.1, -0.05) is 30.3 Å². The standard InChI is InChI=1S/C19H15N5/c1-2-8-16-15(7-1)11-12-17(22-16)23-24(18-9-3-5-13-20-18)19-10-4-6-14-21-19/h1-14H,(H,22,23). The van der Waals surface area contributed by atoms with E-state index in [9.17, 15) is 0 Å². The molecule has 0 saturated carbocycles. The van der Waals surface area contributed by atoms with Crippen molar-refractivity contribution in [3.8, 4) is 0 Å². The summed E-state index contributed by atoms with van der Waals surface area (Å²) in [4.78, 5) is 13.5. The number of anilines is 3. The number of fused-ring (bicyclic) bond motifs is 1. The van der Waals surface area contributed by atoms with Crippen LogP contribution in [0.4, 0.5) is 17.5 Å². The van der Waals surface area contributed by atoms with E-state index in [4.69, 9.17) is 0 Å². The molecule has 0 aliphatic heterocycles. The van der Waals surface area contributed by atoms with Crippen LogP contribution in [-0.4, -0.2) is 15.0 Å². The van der Waals surface area contributed by atoms with Gasteiger partial charge in [0.05, 0.1) is 5.52 Å². The van der Waals surface area contributed by atoms with Crippen LogP contribution in [0.1, 0.15) is 0 Å². The van der Waals surface area contributed by atoms with Gasteiger partial charge in [0, 0.05) is 17.8 Å². The van der Waals surface area contributed by atoms with Gasteiger partial charge in [0.1, 0.15) is 5.82 Å². The minimum atomic E-state index is 0.727. The summed E-state index contributed by atoms with van der Waals surface area (Å²) in [5, 5.41) is 2.92. The zero-order valence-electron chi connectivity index (χ0n) is 12.9. The van der Waals surface area contributed by atoms with Crippen LogP contribution in [0.2, 0.25) is 0 Å². The van der Waals surface area contributed by atoms with E-state index in [1.807, 2.05) is 77.8 Å². The van der Waals surface area contributed by atoms with Gasteiger partial charge in [-0.15, -0.1) is 0 Å². The third-order valence-electron chi connectivity index (χ3n) is 3.58. The Labute approximate surface area is 139 Å². The lowest BCUT2D eigenvalue weighted by Crippen LogP contribution is -2.26. The Morgan fingerprint density at radius 2 is 1.33 bits per heavy atom. The highest BCUT2D eigenvalue weighted by atomic mass is 15.6. The van der Waals surface area contributed by atoms with Gasteiger partial charge in [-0.2, -0.15) is 0 Å². The maximum absolute atomic E-state index is 4.66. The summed E-state index contributed by atoms with van der Waals surface area (Å²) in [6, 6.07) is 23.5. The SMILES string of the molecule is c1ccc(N(Nc2ccc3ccccc3n2)c2ccccn2)nc1. The zero-order chi connectivity index (χ0) is 16.2. The average molecular weight is 313 g/mol. The van der Waals surface area contributed by atoms with Crippen LogP contribution in [0.3, 0.4) is 0 Å². The fraction of sp³-hybridized carbons (Fsp3) is 0. The number of aromatic nitrogens is 3. The maximum atomic E-state index is 4.66. The first kappa shape index (κ1) is 14.1. The molecule has 0 aliphatic rings. The fourth-order valence-corrected chi connectivity index (χ4v) is 2.45. The second-order valence-corrected chi connectivity index (χ2v) is 5.21. The molecule has 116 valence electrons. The van der Waals surface area contributed by atoms with Crippen molar-refractivity contribution < 1.29 is 0 Å². The first-order chi connectivity index (χ1) is 11.9. The monoisotopic (exact) mass is 313 g/mol. The number of nitrogens with zero attached hydrogens (tertiary/aromatic N) is 4. The van der Waals surface area contributed by atoms with Gasteiger partial charge in [-0.05, 0) is 42.5 Å². The lowest BCUT2D eigenvalue weighted by Gasteiger charge is -2.23. The summed E-state index contributed by atoms with van der Waals surface area (Å²) in [5.41, 5.74) is 4.24. The number of hydrogen-bond acceptors (Lipinski definition) is 5. The molecule has 0 unspecified atom stereocenters. The third kappa shape index (κ3) is 2.87. The number of para-hydroxylation sites is 1. The summed E-state index contributed by atoms with van der Waals surface area (Å²) in [5.74, 6) is 2.21. The third-order valence-corrected chi connectivity index (χ3v) is 3.58. The highest BCUT2D eigenvalue weighted by molar-refractivity contribution is 5.80. The van der Waals surface area contributed by atoms with E-state index in [1.165, 1.54) is 0 Å². The van der Waals surface area contributed by atoms with Gasteiger partial charge in [-0.3, -0.25) is 5.43 Å². The Morgan fingerprint density at radius 1 is 0.667 bits per heavy atom. The highest BCUT2D eigenvalue weighted by Crippen LogP contribution is 2.22.